The summed E-state index contributed by atoms with van der Waals surface area (Å²) in [4.78, 5) is 12.6. The first-order chi connectivity index (χ1) is 11.2. The topological polar surface area (TPSA) is 95.6 Å². The number of alkyl halides is 3. The summed E-state index contributed by atoms with van der Waals surface area (Å²) in [5, 5.41) is 0. The van der Waals surface area contributed by atoms with Crippen LogP contribution >= 0.6 is 0 Å². The largest absolute Gasteiger partial charge is 0.390 e. The van der Waals surface area contributed by atoms with Crippen LogP contribution in [0.25, 0.3) is 22.4 Å². The summed E-state index contributed by atoms with van der Waals surface area (Å²) in [6.45, 7) is 1.42. The SMILES string of the molecule is Cc1nc2ccc(-c3cc(N)nc(N)c3)nc2n1CCC(F)(F)F. The van der Waals surface area contributed by atoms with Crippen molar-refractivity contribution in [1.29, 1.82) is 0 Å². The van der Waals surface area contributed by atoms with Gasteiger partial charge in [0.1, 0.15) is 23.0 Å². The number of anilines is 2. The molecule has 4 N–H and O–H groups in total. The predicted octanol–water partition coefficient (Wildman–Crippen LogP) is 2.92. The first-order valence-electron chi connectivity index (χ1n) is 7.17. The molecule has 0 radical (unpaired) electrons. The molecule has 0 spiro atoms. The Hall–Kier alpha value is -2.84. The number of pyridine rings is 2. The molecule has 0 atom stereocenters. The van der Waals surface area contributed by atoms with Crippen LogP contribution < -0.4 is 11.5 Å². The van der Waals surface area contributed by atoms with Crippen molar-refractivity contribution in [3.63, 3.8) is 0 Å². The molecule has 3 rings (SSSR count). The van der Waals surface area contributed by atoms with Gasteiger partial charge in [-0.1, -0.05) is 0 Å². The number of imidazole rings is 1. The van der Waals surface area contributed by atoms with Gasteiger partial charge in [0.05, 0.1) is 12.1 Å². The van der Waals surface area contributed by atoms with E-state index in [4.69, 9.17) is 11.5 Å². The molecule has 0 saturated carbocycles. The molecule has 0 unspecified atom stereocenters. The maximum absolute atomic E-state index is 12.5. The minimum Gasteiger partial charge on any atom is -0.384 e. The van der Waals surface area contributed by atoms with Gasteiger partial charge in [-0.05, 0) is 31.2 Å². The minimum atomic E-state index is -4.24. The van der Waals surface area contributed by atoms with Crippen molar-refractivity contribution in [1.82, 2.24) is 19.5 Å². The van der Waals surface area contributed by atoms with Gasteiger partial charge < -0.3 is 16.0 Å². The summed E-state index contributed by atoms with van der Waals surface area (Å²) in [6.07, 6.45) is -5.19. The van der Waals surface area contributed by atoms with Gasteiger partial charge in [-0.2, -0.15) is 13.2 Å². The van der Waals surface area contributed by atoms with E-state index in [0.717, 1.165) is 0 Å². The van der Waals surface area contributed by atoms with Gasteiger partial charge in [-0.15, -0.1) is 0 Å². The number of aryl methyl sites for hydroxylation is 2. The molecule has 6 nitrogen and oxygen atoms in total. The Labute approximate surface area is 135 Å². The fraction of sp³-hybridized carbons (Fsp3) is 0.267. The molecule has 0 aliphatic heterocycles. The average molecular weight is 336 g/mol. The zero-order chi connectivity index (χ0) is 17.5. The molecule has 24 heavy (non-hydrogen) atoms. The Morgan fingerprint density at radius 3 is 2.33 bits per heavy atom. The van der Waals surface area contributed by atoms with Crippen molar-refractivity contribution < 1.29 is 13.2 Å². The van der Waals surface area contributed by atoms with Crippen molar-refractivity contribution in [2.24, 2.45) is 0 Å². The van der Waals surface area contributed by atoms with E-state index < -0.39 is 12.6 Å². The lowest BCUT2D eigenvalue weighted by Gasteiger charge is -2.10. The van der Waals surface area contributed by atoms with Gasteiger partial charge in [0.15, 0.2) is 5.65 Å². The van der Waals surface area contributed by atoms with Crippen LogP contribution in [0.1, 0.15) is 12.2 Å². The quantitative estimate of drug-likeness (QED) is 0.767. The number of rotatable bonds is 3. The van der Waals surface area contributed by atoms with Crippen LogP contribution in [-0.4, -0.2) is 25.7 Å². The maximum Gasteiger partial charge on any atom is 0.390 e. The Morgan fingerprint density at radius 2 is 1.71 bits per heavy atom. The van der Waals surface area contributed by atoms with Crippen molar-refractivity contribution in [3.8, 4) is 11.3 Å². The van der Waals surface area contributed by atoms with Gasteiger partial charge in [0.2, 0.25) is 0 Å². The van der Waals surface area contributed by atoms with Crippen LogP contribution in [0.5, 0.6) is 0 Å². The van der Waals surface area contributed by atoms with Gasteiger partial charge >= 0.3 is 6.18 Å². The average Bonchev–Trinajstić information content (AvgIpc) is 2.77. The summed E-state index contributed by atoms with van der Waals surface area (Å²) >= 11 is 0. The molecule has 0 saturated heterocycles. The normalized spacial score (nSPS) is 12.0. The molecule has 3 aromatic heterocycles. The van der Waals surface area contributed by atoms with Gasteiger partial charge in [0.25, 0.3) is 0 Å². The number of nitrogens with zero attached hydrogens (tertiary/aromatic N) is 4. The number of fused-ring (bicyclic) bond motifs is 1. The molecule has 0 fully saturated rings. The molecule has 126 valence electrons. The summed E-state index contributed by atoms with van der Waals surface area (Å²) in [5.74, 6) is 0.968. The number of hydrogen-bond donors (Lipinski definition) is 2. The number of nitrogen functional groups attached to an aromatic ring is 2. The summed E-state index contributed by atoms with van der Waals surface area (Å²) < 4.78 is 39.0. The second-order valence-electron chi connectivity index (χ2n) is 5.42. The fourth-order valence-corrected chi connectivity index (χ4v) is 2.50. The summed E-state index contributed by atoms with van der Waals surface area (Å²) in [5.41, 5.74) is 13.5. The van der Waals surface area contributed by atoms with E-state index in [-0.39, 0.29) is 18.2 Å². The van der Waals surface area contributed by atoms with Crippen LogP contribution in [0.15, 0.2) is 24.3 Å². The lowest BCUT2D eigenvalue weighted by molar-refractivity contribution is -0.136. The van der Waals surface area contributed by atoms with Crippen LogP contribution in [0.3, 0.4) is 0 Å². The third-order valence-corrected chi connectivity index (χ3v) is 3.56. The molecule has 0 aromatic carbocycles. The van der Waals surface area contributed by atoms with Crippen LogP contribution in [0.4, 0.5) is 24.8 Å². The first-order valence-corrected chi connectivity index (χ1v) is 7.17. The molecule has 3 heterocycles. The van der Waals surface area contributed by atoms with E-state index >= 15 is 0 Å². The second kappa shape index (κ2) is 5.66. The van der Waals surface area contributed by atoms with E-state index in [1.807, 2.05) is 0 Å². The number of hydrogen-bond acceptors (Lipinski definition) is 5. The molecule has 9 heteroatoms. The van der Waals surface area contributed by atoms with Crippen molar-refractivity contribution >= 4 is 22.8 Å². The van der Waals surface area contributed by atoms with Crippen molar-refractivity contribution in [2.45, 2.75) is 26.1 Å². The minimum absolute atomic E-state index is 0.233. The maximum atomic E-state index is 12.5. The van der Waals surface area contributed by atoms with Gasteiger partial charge in [-0.3, -0.25) is 0 Å². The van der Waals surface area contributed by atoms with E-state index in [0.29, 0.717) is 28.2 Å². The standard InChI is InChI=1S/C15H15F3N6/c1-8-21-11-3-2-10(9-6-12(19)23-13(20)7-9)22-14(11)24(8)5-4-15(16,17)18/h2-3,6-7H,4-5H2,1H3,(H4,19,20,23). The highest BCUT2D eigenvalue weighted by molar-refractivity contribution is 5.77. The Bertz CT molecular complexity index is 880. The smallest absolute Gasteiger partial charge is 0.384 e. The highest BCUT2D eigenvalue weighted by Crippen LogP contribution is 2.26. The number of nitrogens with two attached hydrogens (primary N) is 2. The van der Waals surface area contributed by atoms with Crippen LogP contribution in [0, 0.1) is 6.92 Å². The second-order valence-corrected chi connectivity index (χ2v) is 5.42. The highest BCUT2D eigenvalue weighted by atomic mass is 19.4. The van der Waals surface area contributed by atoms with Gasteiger partial charge in [0, 0.05) is 12.1 Å². The lowest BCUT2D eigenvalue weighted by Crippen LogP contribution is -2.13. The van der Waals surface area contributed by atoms with Crippen molar-refractivity contribution in [2.75, 3.05) is 11.5 Å². The predicted molar refractivity (Wildman–Crippen MR) is 85.0 cm³/mol. The molecule has 0 aliphatic carbocycles. The summed E-state index contributed by atoms with van der Waals surface area (Å²) in [6, 6.07) is 6.64. The monoisotopic (exact) mass is 336 g/mol. The highest BCUT2D eigenvalue weighted by Gasteiger charge is 2.27. The molecule has 0 bridgehead atoms. The van der Waals surface area contributed by atoms with E-state index in [2.05, 4.69) is 15.0 Å². The molecule has 0 aliphatic rings. The van der Waals surface area contributed by atoms with E-state index in [9.17, 15) is 13.2 Å². The van der Waals surface area contributed by atoms with Crippen LogP contribution in [-0.2, 0) is 6.54 Å². The Kier molecular flexibility index (Phi) is 3.78. The molecular formula is C15H15F3N6. The van der Waals surface area contributed by atoms with Crippen LogP contribution in [0.2, 0.25) is 0 Å². The molecule has 0 amide bonds. The Balaban J connectivity index is 2.06. The van der Waals surface area contributed by atoms with Crippen molar-refractivity contribution in [3.05, 3.63) is 30.1 Å². The lowest BCUT2D eigenvalue weighted by atomic mass is 10.1. The Morgan fingerprint density at radius 1 is 1.04 bits per heavy atom. The fourth-order valence-electron chi connectivity index (χ4n) is 2.50. The molecular weight excluding hydrogens is 321 g/mol. The first kappa shape index (κ1) is 16.0. The van der Waals surface area contributed by atoms with E-state index in [1.54, 1.807) is 31.2 Å². The number of aromatic nitrogens is 4. The zero-order valence-corrected chi connectivity index (χ0v) is 12.8. The third-order valence-electron chi connectivity index (χ3n) is 3.56. The number of halogens is 3. The third kappa shape index (κ3) is 3.24. The molecule has 3 aromatic rings. The van der Waals surface area contributed by atoms with Gasteiger partial charge in [-0.25, -0.2) is 15.0 Å². The summed E-state index contributed by atoms with van der Waals surface area (Å²) in [7, 11) is 0. The van der Waals surface area contributed by atoms with E-state index in [1.165, 1.54) is 4.57 Å². The zero-order valence-electron chi connectivity index (χ0n) is 12.8.